The molecule has 1 aliphatic rings. The van der Waals surface area contributed by atoms with E-state index in [1.165, 1.54) is 19.3 Å². The van der Waals surface area contributed by atoms with Gasteiger partial charge in [0.15, 0.2) is 0 Å². The van der Waals surface area contributed by atoms with Crippen molar-refractivity contribution in [1.29, 1.82) is 0 Å². The van der Waals surface area contributed by atoms with Crippen molar-refractivity contribution >= 4 is 29.5 Å². The molecule has 0 aromatic heterocycles. The fraction of sp³-hybridized carbons (Fsp3) is 0.917. The van der Waals surface area contributed by atoms with Gasteiger partial charge in [0, 0.05) is 6.54 Å². The van der Waals surface area contributed by atoms with E-state index in [1.54, 1.807) is 13.8 Å². The number of halogens is 2. The quantitative estimate of drug-likeness (QED) is 0.557. The molecule has 0 N–H and O–H groups in total. The summed E-state index contributed by atoms with van der Waals surface area (Å²) in [5.41, 5.74) is -0.606. The second-order valence-electron chi connectivity index (χ2n) is 5.34. The summed E-state index contributed by atoms with van der Waals surface area (Å²) in [7, 11) is 0. The average molecular weight is 297 g/mol. The molecular formula is C12H22Cl2N2O2. The Hall–Kier alpha value is -0.0300. The van der Waals surface area contributed by atoms with Crippen LogP contribution in [0.1, 0.15) is 39.5 Å². The number of piperidine rings is 1. The van der Waals surface area contributed by atoms with Gasteiger partial charge < -0.3 is 4.74 Å². The molecule has 6 heteroatoms. The predicted octanol–water partition coefficient (Wildman–Crippen LogP) is 2.79. The Bertz CT molecular complexity index is 267. The molecular weight excluding hydrogens is 275 g/mol. The maximum atomic E-state index is 11.6. The number of esters is 1. The van der Waals surface area contributed by atoms with Crippen molar-refractivity contribution in [3.05, 3.63) is 0 Å². The van der Waals surface area contributed by atoms with Gasteiger partial charge in [-0.2, -0.15) is 0 Å². The highest BCUT2D eigenvalue weighted by Crippen LogP contribution is 2.23. The van der Waals surface area contributed by atoms with E-state index in [4.69, 9.17) is 28.3 Å². The number of carbonyl (C=O) groups is 1. The van der Waals surface area contributed by atoms with Gasteiger partial charge in [0.1, 0.15) is 6.61 Å². The molecule has 4 nitrogen and oxygen atoms in total. The lowest BCUT2D eigenvalue weighted by atomic mass is 10.0. The zero-order valence-electron chi connectivity index (χ0n) is 11.1. The number of nitrogens with zero attached hydrogens (tertiary/aromatic N) is 2. The molecule has 1 rings (SSSR count). The minimum absolute atomic E-state index is 0.181. The van der Waals surface area contributed by atoms with Crippen LogP contribution in [0.3, 0.4) is 0 Å². The van der Waals surface area contributed by atoms with Crippen LogP contribution in [0.4, 0.5) is 0 Å². The fourth-order valence-electron chi connectivity index (χ4n) is 1.94. The summed E-state index contributed by atoms with van der Waals surface area (Å²) in [5.74, 6) is -0.261. The molecule has 0 aromatic carbocycles. The summed E-state index contributed by atoms with van der Waals surface area (Å²) in [6.45, 7) is 7.06. The van der Waals surface area contributed by atoms with E-state index in [2.05, 4.69) is 4.90 Å². The van der Waals surface area contributed by atoms with Crippen molar-refractivity contribution in [2.75, 3.05) is 26.2 Å². The Kier molecular flexibility index (Phi) is 6.71. The molecule has 0 atom stereocenters. The normalized spacial score (nSPS) is 18.1. The highest BCUT2D eigenvalue weighted by Gasteiger charge is 2.28. The van der Waals surface area contributed by atoms with E-state index < -0.39 is 5.54 Å². The minimum Gasteiger partial charge on any atom is -0.464 e. The third-order valence-electron chi connectivity index (χ3n) is 3.15. The zero-order valence-corrected chi connectivity index (χ0v) is 12.6. The SMILES string of the molecule is CC(C)(CC(=O)OCCN1CCCCC1)N(Cl)Cl. The van der Waals surface area contributed by atoms with E-state index in [0.29, 0.717) is 6.61 Å². The molecule has 1 saturated heterocycles. The van der Waals surface area contributed by atoms with Gasteiger partial charge in [-0.15, -0.1) is 3.94 Å². The van der Waals surface area contributed by atoms with Gasteiger partial charge in [0.05, 0.1) is 12.0 Å². The molecule has 0 saturated carbocycles. The fourth-order valence-corrected chi connectivity index (χ4v) is 2.06. The maximum absolute atomic E-state index is 11.6. The first-order valence-corrected chi connectivity index (χ1v) is 7.09. The Labute approximate surface area is 119 Å². The molecule has 1 aliphatic heterocycles. The van der Waals surface area contributed by atoms with Gasteiger partial charge >= 0.3 is 5.97 Å². The van der Waals surface area contributed by atoms with Crippen molar-refractivity contribution in [2.24, 2.45) is 0 Å². The highest BCUT2D eigenvalue weighted by molar-refractivity contribution is 6.34. The molecule has 0 aliphatic carbocycles. The van der Waals surface area contributed by atoms with Crippen LogP contribution in [0.15, 0.2) is 0 Å². The lowest BCUT2D eigenvalue weighted by molar-refractivity contribution is -0.145. The topological polar surface area (TPSA) is 32.8 Å². The van der Waals surface area contributed by atoms with Crippen LogP contribution in [-0.4, -0.2) is 46.6 Å². The Morgan fingerprint density at radius 1 is 1.28 bits per heavy atom. The van der Waals surface area contributed by atoms with Crippen LogP contribution in [0, 0.1) is 0 Å². The highest BCUT2D eigenvalue weighted by atomic mass is 35.5. The molecule has 0 radical (unpaired) electrons. The molecule has 0 aromatic rings. The lowest BCUT2D eigenvalue weighted by Crippen LogP contribution is -2.36. The van der Waals surface area contributed by atoms with Crippen LogP contribution in [0.5, 0.6) is 0 Å². The summed E-state index contributed by atoms with van der Waals surface area (Å²) in [6.07, 6.45) is 3.98. The summed E-state index contributed by atoms with van der Waals surface area (Å²) < 4.78 is 6.21. The number of hydrogen-bond acceptors (Lipinski definition) is 4. The monoisotopic (exact) mass is 296 g/mol. The number of likely N-dealkylation sites (tertiary alicyclic amines) is 1. The van der Waals surface area contributed by atoms with E-state index in [9.17, 15) is 4.79 Å². The molecule has 1 heterocycles. The minimum atomic E-state index is -0.606. The van der Waals surface area contributed by atoms with Crippen LogP contribution in [0.2, 0.25) is 0 Å². The lowest BCUT2D eigenvalue weighted by Gasteiger charge is -2.27. The molecule has 1 fully saturated rings. The molecule has 0 unspecified atom stereocenters. The van der Waals surface area contributed by atoms with Crippen molar-refractivity contribution in [3.63, 3.8) is 0 Å². The third-order valence-corrected chi connectivity index (χ3v) is 4.07. The summed E-state index contributed by atoms with van der Waals surface area (Å²) in [6, 6.07) is 0. The zero-order chi connectivity index (χ0) is 13.6. The van der Waals surface area contributed by atoms with Crippen LogP contribution >= 0.6 is 23.6 Å². The van der Waals surface area contributed by atoms with Crippen LogP contribution < -0.4 is 0 Å². The largest absolute Gasteiger partial charge is 0.464 e. The second-order valence-corrected chi connectivity index (χ2v) is 6.19. The van der Waals surface area contributed by atoms with E-state index >= 15 is 0 Å². The second kappa shape index (κ2) is 7.53. The molecule has 0 spiro atoms. The van der Waals surface area contributed by atoms with Gasteiger partial charge in [0.2, 0.25) is 0 Å². The summed E-state index contributed by atoms with van der Waals surface area (Å²) in [5, 5.41) is 0. The van der Waals surface area contributed by atoms with Gasteiger partial charge in [0.25, 0.3) is 0 Å². The molecule has 0 amide bonds. The number of carbonyl (C=O) groups excluding carboxylic acids is 1. The first-order chi connectivity index (χ1) is 8.42. The smallest absolute Gasteiger partial charge is 0.307 e. The van der Waals surface area contributed by atoms with Gasteiger partial charge in [-0.1, -0.05) is 6.42 Å². The standard InChI is InChI=1S/C12H22Cl2N2O2/c1-12(2,16(13)14)10-11(17)18-9-8-15-6-4-3-5-7-15/h3-10H2,1-2H3. The van der Waals surface area contributed by atoms with Gasteiger partial charge in [-0.05, 0) is 63.3 Å². The van der Waals surface area contributed by atoms with E-state index in [0.717, 1.165) is 23.6 Å². The molecule has 18 heavy (non-hydrogen) atoms. The van der Waals surface area contributed by atoms with Crippen molar-refractivity contribution in [1.82, 2.24) is 8.84 Å². The summed E-state index contributed by atoms with van der Waals surface area (Å²) in [4.78, 5) is 14.0. The maximum Gasteiger partial charge on any atom is 0.307 e. The number of hydrogen-bond donors (Lipinski definition) is 0. The first kappa shape index (κ1) is 16.0. The Morgan fingerprint density at radius 2 is 1.89 bits per heavy atom. The number of ether oxygens (including phenoxy) is 1. The number of rotatable bonds is 6. The van der Waals surface area contributed by atoms with Crippen molar-refractivity contribution < 1.29 is 9.53 Å². The molecule has 106 valence electrons. The van der Waals surface area contributed by atoms with Crippen molar-refractivity contribution in [3.8, 4) is 0 Å². The van der Waals surface area contributed by atoms with Crippen molar-refractivity contribution in [2.45, 2.75) is 45.1 Å². The van der Waals surface area contributed by atoms with E-state index in [1.807, 2.05) is 0 Å². The van der Waals surface area contributed by atoms with Crippen LogP contribution in [-0.2, 0) is 9.53 Å². The Morgan fingerprint density at radius 3 is 2.44 bits per heavy atom. The van der Waals surface area contributed by atoms with E-state index in [-0.39, 0.29) is 12.4 Å². The summed E-state index contributed by atoms with van der Waals surface area (Å²) >= 11 is 11.3. The van der Waals surface area contributed by atoms with Gasteiger partial charge in [-0.3, -0.25) is 9.69 Å². The van der Waals surface area contributed by atoms with Gasteiger partial charge in [-0.25, -0.2) is 0 Å². The molecule has 0 bridgehead atoms. The predicted molar refractivity (Wildman–Crippen MR) is 73.5 cm³/mol. The average Bonchev–Trinajstić information content (AvgIpc) is 2.29. The Balaban J connectivity index is 2.16. The first-order valence-electron chi connectivity index (χ1n) is 6.41. The third kappa shape index (κ3) is 5.74. The van der Waals surface area contributed by atoms with Crippen LogP contribution in [0.25, 0.3) is 0 Å².